The van der Waals surface area contributed by atoms with Crippen molar-refractivity contribution < 1.29 is 8.42 Å². The van der Waals surface area contributed by atoms with Crippen molar-refractivity contribution in [3.63, 3.8) is 0 Å². The Hall–Kier alpha value is -2.28. The number of rotatable bonds is 7. The molecule has 0 aliphatic heterocycles. The third-order valence-corrected chi connectivity index (χ3v) is 6.09. The van der Waals surface area contributed by atoms with Crippen molar-refractivity contribution in [2.45, 2.75) is 11.3 Å². The Labute approximate surface area is 148 Å². The van der Waals surface area contributed by atoms with E-state index in [1.807, 2.05) is 36.4 Å². The van der Waals surface area contributed by atoms with Crippen LogP contribution in [0.5, 0.6) is 0 Å². The first-order chi connectivity index (χ1) is 12.1. The third kappa shape index (κ3) is 3.87. The lowest BCUT2D eigenvalue weighted by Crippen LogP contribution is -2.37. The van der Waals surface area contributed by atoms with Gasteiger partial charge in [-0.05, 0) is 24.1 Å². The van der Waals surface area contributed by atoms with Crippen LogP contribution in [0.4, 0.5) is 0 Å². The van der Waals surface area contributed by atoms with Gasteiger partial charge in [-0.2, -0.15) is 4.31 Å². The molecule has 2 aromatic carbocycles. The van der Waals surface area contributed by atoms with Gasteiger partial charge in [-0.15, -0.1) is 0 Å². The van der Waals surface area contributed by atoms with E-state index in [1.54, 1.807) is 30.6 Å². The van der Waals surface area contributed by atoms with E-state index >= 15 is 0 Å². The normalized spacial score (nSPS) is 11.9. The number of hydrogen-bond acceptors (Lipinski definition) is 4. The molecule has 25 heavy (non-hydrogen) atoms. The minimum atomic E-state index is -3.63. The molecule has 3 aromatic rings. The molecule has 0 fully saturated rings. The Morgan fingerprint density at radius 3 is 2.52 bits per heavy atom. The number of aromatic nitrogens is 1. The molecule has 0 aliphatic carbocycles. The molecule has 0 spiro atoms. The Morgan fingerprint density at radius 2 is 1.76 bits per heavy atom. The van der Waals surface area contributed by atoms with Gasteiger partial charge < -0.3 is 5.73 Å². The minimum Gasteiger partial charge on any atom is -0.329 e. The van der Waals surface area contributed by atoms with Crippen LogP contribution >= 0.6 is 0 Å². The van der Waals surface area contributed by atoms with Gasteiger partial charge in [-0.1, -0.05) is 42.5 Å². The summed E-state index contributed by atoms with van der Waals surface area (Å²) >= 11 is 0. The van der Waals surface area contributed by atoms with Gasteiger partial charge in [-0.25, -0.2) is 8.42 Å². The molecule has 0 aliphatic rings. The molecule has 130 valence electrons. The predicted molar refractivity (Wildman–Crippen MR) is 99.7 cm³/mol. The summed E-state index contributed by atoms with van der Waals surface area (Å²) in [6.45, 7) is 0.960. The van der Waals surface area contributed by atoms with E-state index in [4.69, 9.17) is 5.73 Å². The predicted octanol–water partition coefficient (Wildman–Crippen LogP) is 2.43. The average Bonchev–Trinajstić information content (AvgIpc) is 2.65. The summed E-state index contributed by atoms with van der Waals surface area (Å²) in [5.41, 5.74) is 6.77. The summed E-state index contributed by atoms with van der Waals surface area (Å²) in [4.78, 5) is 4.36. The molecule has 1 heterocycles. The summed E-state index contributed by atoms with van der Waals surface area (Å²) in [5.74, 6) is 0. The highest BCUT2D eigenvalue weighted by Gasteiger charge is 2.25. The molecule has 0 atom stereocenters. The van der Waals surface area contributed by atoms with E-state index in [1.165, 1.54) is 4.31 Å². The van der Waals surface area contributed by atoms with Crippen molar-refractivity contribution in [1.29, 1.82) is 0 Å². The summed E-state index contributed by atoms with van der Waals surface area (Å²) in [6, 6.07) is 16.8. The van der Waals surface area contributed by atoms with Gasteiger partial charge >= 0.3 is 0 Å². The Morgan fingerprint density at radius 1 is 0.960 bits per heavy atom. The number of benzene rings is 2. The largest absolute Gasteiger partial charge is 0.329 e. The van der Waals surface area contributed by atoms with E-state index in [9.17, 15) is 8.42 Å². The van der Waals surface area contributed by atoms with E-state index in [0.29, 0.717) is 23.2 Å². The van der Waals surface area contributed by atoms with Gasteiger partial charge in [0.2, 0.25) is 10.0 Å². The molecule has 2 N–H and O–H groups in total. The second-order valence-corrected chi connectivity index (χ2v) is 7.69. The van der Waals surface area contributed by atoms with E-state index in [-0.39, 0.29) is 13.1 Å². The van der Waals surface area contributed by atoms with Crippen LogP contribution in [-0.2, 0) is 16.4 Å². The lowest BCUT2D eigenvalue weighted by Gasteiger charge is -2.22. The van der Waals surface area contributed by atoms with Crippen molar-refractivity contribution in [3.05, 3.63) is 72.6 Å². The van der Waals surface area contributed by atoms with Crippen molar-refractivity contribution >= 4 is 20.8 Å². The summed E-state index contributed by atoms with van der Waals surface area (Å²) in [7, 11) is -3.63. The Kier molecular flexibility index (Phi) is 5.43. The molecule has 3 rings (SSSR count). The fourth-order valence-electron chi connectivity index (χ4n) is 2.85. The highest BCUT2D eigenvalue weighted by Crippen LogP contribution is 2.25. The van der Waals surface area contributed by atoms with Crippen LogP contribution in [0.1, 0.15) is 5.56 Å². The lowest BCUT2D eigenvalue weighted by molar-refractivity contribution is 0.422. The zero-order valence-corrected chi connectivity index (χ0v) is 14.7. The number of nitrogens with zero attached hydrogens (tertiary/aromatic N) is 2. The maximum atomic E-state index is 13.2. The zero-order valence-electron chi connectivity index (χ0n) is 13.9. The van der Waals surface area contributed by atoms with Crippen LogP contribution in [0.3, 0.4) is 0 Å². The van der Waals surface area contributed by atoms with Crippen molar-refractivity contribution in [2.75, 3.05) is 19.6 Å². The topological polar surface area (TPSA) is 76.3 Å². The highest BCUT2D eigenvalue weighted by atomic mass is 32.2. The molecule has 0 amide bonds. The van der Waals surface area contributed by atoms with E-state index in [2.05, 4.69) is 4.98 Å². The van der Waals surface area contributed by atoms with Gasteiger partial charge in [0, 0.05) is 42.8 Å². The maximum absolute atomic E-state index is 13.2. The lowest BCUT2D eigenvalue weighted by atomic mass is 10.1. The van der Waals surface area contributed by atoms with Gasteiger partial charge in [0.05, 0.1) is 4.90 Å². The van der Waals surface area contributed by atoms with Gasteiger partial charge in [-0.3, -0.25) is 4.98 Å². The van der Waals surface area contributed by atoms with Gasteiger partial charge in [0.25, 0.3) is 0 Å². The fraction of sp³-hybridized carbons (Fsp3) is 0.211. The first kappa shape index (κ1) is 17.5. The average molecular weight is 355 g/mol. The van der Waals surface area contributed by atoms with Crippen LogP contribution < -0.4 is 5.73 Å². The first-order valence-electron chi connectivity index (χ1n) is 8.20. The fourth-order valence-corrected chi connectivity index (χ4v) is 4.52. The minimum absolute atomic E-state index is 0.278. The molecular formula is C19H21N3O2S. The number of nitrogens with two attached hydrogens (primary N) is 1. The van der Waals surface area contributed by atoms with Crippen LogP contribution in [0.25, 0.3) is 10.8 Å². The van der Waals surface area contributed by atoms with E-state index < -0.39 is 10.0 Å². The summed E-state index contributed by atoms with van der Waals surface area (Å²) in [5, 5.41) is 1.48. The van der Waals surface area contributed by atoms with Crippen LogP contribution in [0.2, 0.25) is 0 Å². The molecule has 1 aromatic heterocycles. The van der Waals surface area contributed by atoms with Gasteiger partial charge in [0.15, 0.2) is 0 Å². The van der Waals surface area contributed by atoms with Crippen LogP contribution in [0.15, 0.2) is 71.9 Å². The smallest absolute Gasteiger partial charge is 0.243 e. The molecule has 6 heteroatoms. The first-order valence-corrected chi connectivity index (χ1v) is 9.64. The number of sulfonamides is 1. The SMILES string of the molecule is NCCN(CCc1ccccc1)S(=O)(=O)c1cccc2cnccc12. The maximum Gasteiger partial charge on any atom is 0.243 e. The van der Waals surface area contributed by atoms with Crippen LogP contribution in [0, 0.1) is 0 Å². The summed E-state index contributed by atoms with van der Waals surface area (Å²) in [6.07, 6.45) is 3.93. The van der Waals surface area contributed by atoms with Gasteiger partial charge in [0.1, 0.15) is 0 Å². The summed E-state index contributed by atoms with van der Waals surface area (Å²) < 4.78 is 27.9. The molecule has 0 saturated carbocycles. The van der Waals surface area contributed by atoms with Crippen molar-refractivity contribution in [1.82, 2.24) is 9.29 Å². The molecular weight excluding hydrogens is 334 g/mol. The standard InChI is InChI=1S/C19H21N3O2S/c20-11-14-22(13-10-16-5-2-1-3-6-16)25(23,24)19-8-4-7-17-15-21-12-9-18(17)19/h1-9,12,15H,10-11,13-14,20H2. The van der Waals surface area contributed by atoms with Crippen molar-refractivity contribution in [2.24, 2.45) is 5.73 Å². The van der Waals surface area contributed by atoms with Crippen LogP contribution in [-0.4, -0.2) is 37.3 Å². The zero-order chi connectivity index (χ0) is 17.7. The number of pyridine rings is 1. The number of hydrogen-bond donors (Lipinski definition) is 1. The molecule has 0 bridgehead atoms. The monoisotopic (exact) mass is 355 g/mol. The quantitative estimate of drug-likeness (QED) is 0.706. The molecule has 0 unspecified atom stereocenters. The Bertz CT molecular complexity index is 938. The van der Waals surface area contributed by atoms with E-state index in [0.717, 1.165) is 10.9 Å². The third-order valence-electron chi connectivity index (χ3n) is 4.13. The number of fused-ring (bicyclic) bond motifs is 1. The molecule has 0 saturated heterocycles. The molecule has 0 radical (unpaired) electrons. The molecule has 5 nitrogen and oxygen atoms in total. The van der Waals surface area contributed by atoms with Crippen molar-refractivity contribution in [3.8, 4) is 0 Å². The highest BCUT2D eigenvalue weighted by molar-refractivity contribution is 7.89. The Balaban J connectivity index is 1.93. The second kappa shape index (κ2) is 7.74. The second-order valence-electron chi connectivity index (χ2n) is 5.78.